The minimum absolute atomic E-state index is 0.496. The summed E-state index contributed by atoms with van der Waals surface area (Å²) in [6.45, 7) is 0. The summed E-state index contributed by atoms with van der Waals surface area (Å²) in [5, 5.41) is 0. The third-order valence-electron chi connectivity index (χ3n) is 12.7. The number of benzene rings is 9. The molecule has 0 bridgehead atoms. The van der Waals surface area contributed by atoms with Gasteiger partial charge >= 0.3 is 0 Å². The largest absolute Gasteiger partial charge is 0.311 e. The van der Waals surface area contributed by atoms with Crippen LogP contribution >= 0.6 is 0 Å². The minimum atomic E-state index is -0.496. The van der Waals surface area contributed by atoms with Crippen LogP contribution in [0.2, 0.25) is 0 Å². The maximum Gasteiger partial charge on any atom is 0.0710 e. The van der Waals surface area contributed by atoms with Crippen LogP contribution in [0.25, 0.3) is 33.4 Å². The van der Waals surface area contributed by atoms with Gasteiger partial charge in [-0.05, 0) is 147 Å². The first-order valence-corrected chi connectivity index (χ1v) is 22.0. The highest BCUT2D eigenvalue weighted by Crippen LogP contribution is 2.60. The fourth-order valence-corrected chi connectivity index (χ4v) is 9.96. The Labute approximate surface area is 371 Å². The Bertz CT molecular complexity index is 2990. The molecule has 63 heavy (non-hydrogen) atoms. The van der Waals surface area contributed by atoms with Crippen molar-refractivity contribution in [3.63, 3.8) is 0 Å². The lowest BCUT2D eigenvalue weighted by Crippen LogP contribution is -2.29. The third-order valence-corrected chi connectivity index (χ3v) is 12.7. The first-order valence-electron chi connectivity index (χ1n) is 22.0. The van der Waals surface area contributed by atoms with E-state index >= 15 is 0 Å². The molecule has 0 fully saturated rings. The van der Waals surface area contributed by atoms with Crippen LogP contribution in [0.5, 0.6) is 0 Å². The molecule has 0 heterocycles. The van der Waals surface area contributed by atoms with Gasteiger partial charge in [-0.3, -0.25) is 0 Å². The molecule has 0 spiro atoms. The summed E-state index contributed by atoms with van der Waals surface area (Å²) >= 11 is 0. The Kier molecular flexibility index (Phi) is 9.95. The van der Waals surface area contributed by atoms with Crippen LogP contribution in [0, 0.1) is 0 Å². The molecule has 2 heteroatoms. The number of para-hydroxylation sites is 4. The molecule has 0 amide bonds. The van der Waals surface area contributed by atoms with Gasteiger partial charge in [-0.15, -0.1) is 0 Å². The fourth-order valence-electron chi connectivity index (χ4n) is 9.96. The van der Waals surface area contributed by atoms with E-state index in [0.29, 0.717) is 0 Å². The van der Waals surface area contributed by atoms with Crippen molar-refractivity contribution in [3.8, 4) is 33.4 Å². The second-order valence-corrected chi connectivity index (χ2v) is 16.4. The van der Waals surface area contributed by atoms with E-state index in [9.17, 15) is 0 Å². The van der Waals surface area contributed by atoms with Gasteiger partial charge in [0.05, 0.1) is 5.41 Å². The first kappa shape index (κ1) is 38.0. The summed E-state index contributed by atoms with van der Waals surface area (Å²) in [7, 11) is 0. The number of allylic oxidation sites excluding steroid dienone is 4. The molecule has 9 aromatic carbocycles. The van der Waals surface area contributed by atoms with Crippen molar-refractivity contribution in [2.45, 2.75) is 18.3 Å². The van der Waals surface area contributed by atoms with E-state index in [1.54, 1.807) is 0 Å². The van der Waals surface area contributed by atoms with Crippen molar-refractivity contribution < 1.29 is 0 Å². The van der Waals surface area contributed by atoms with E-state index < -0.39 is 5.41 Å². The number of nitrogens with zero attached hydrogens (tertiary/aromatic N) is 2. The molecule has 0 saturated heterocycles. The Balaban J connectivity index is 1.06. The number of anilines is 6. The van der Waals surface area contributed by atoms with Crippen molar-refractivity contribution in [2.75, 3.05) is 9.80 Å². The van der Waals surface area contributed by atoms with Gasteiger partial charge in [0.2, 0.25) is 0 Å². The summed E-state index contributed by atoms with van der Waals surface area (Å²) in [6, 6.07) is 86.0. The molecule has 0 aromatic heterocycles. The van der Waals surface area contributed by atoms with Gasteiger partial charge in [-0.1, -0.05) is 176 Å². The van der Waals surface area contributed by atoms with Crippen LogP contribution in [-0.2, 0) is 5.41 Å². The van der Waals surface area contributed by atoms with Gasteiger partial charge < -0.3 is 9.80 Å². The molecule has 1 atom stereocenters. The third kappa shape index (κ3) is 6.77. The Morgan fingerprint density at radius 1 is 0.333 bits per heavy atom. The Morgan fingerprint density at radius 2 is 0.794 bits per heavy atom. The summed E-state index contributed by atoms with van der Waals surface area (Å²) in [4.78, 5) is 4.64. The van der Waals surface area contributed by atoms with E-state index in [1.165, 1.54) is 55.6 Å². The van der Waals surface area contributed by atoms with Crippen molar-refractivity contribution >= 4 is 34.1 Å². The topological polar surface area (TPSA) is 6.48 Å². The maximum atomic E-state index is 2.48. The SMILES string of the molecule is C1=CC(C2(c3ccccc3)c3cc(-c4ccc(N(c5ccccc5)c5ccccc5)cc4)ccc3-c3c(-c4ccc(N(c5ccccc5)c5ccccc5)cc4)cccc32)=CCC1. The molecule has 300 valence electrons. The fraction of sp³-hybridized carbons (Fsp3) is 0.0492. The predicted molar refractivity (Wildman–Crippen MR) is 265 cm³/mol. The second kappa shape index (κ2) is 16.5. The smallest absolute Gasteiger partial charge is 0.0710 e. The molecule has 0 aliphatic heterocycles. The highest BCUT2D eigenvalue weighted by Gasteiger charge is 2.47. The van der Waals surface area contributed by atoms with E-state index in [-0.39, 0.29) is 0 Å². The van der Waals surface area contributed by atoms with Gasteiger partial charge in [0.1, 0.15) is 0 Å². The monoisotopic (exact) mass is 806 g/mol. The Morgan fingerprint density at radius 3 is 1.29 bits per heavy atom. The minimum Gasteiger partial charge on any atom is -0.311 e. The molecule has 1 unspecified atom stereocenters. The first-order chi connectivity index (χ1) is 31.3. The highest BCUT2D eigenvalue weighted by atomic mass is 15.1. The summed E-state index contributed by atoms with van der Waals surface area (Å²) in [5.74, 6) is 0. The lowest BCUT2D eigenvalue weighted by Gasteiger charge is -2.36. The van der Waals surface area contributed by atoms with Gasteiger partial charge in [-0.2, -0.15) is 0 Å². The van der Waals surface area contributed by atoms with Crippen LogP contribution in [0.4, 0.5) is 34.1 Å². The highest BCUT2D eigenvalue weighted by molar-refractivity contribution is 5.97. The molecule has 2 aliphatic carbocycles. The van der Waals surface area contributed by atoms with Crippen LogP contribution in [-0.4, -0.2) is 0 Å². The van der Waals surface area contributed by atoms with Crippen LogP contribution in [0.3, 0.4) is 0 Å². The van der Waals surface area contributed by atoms with Crippen LogP contribution in [0.1, 0.15) is 29.5 Å². The number of fused-ring (bicyclic) bond motifs is 3. The summed E-state index contributed by atoms with van der Waals surface area (Å²) in [5.41, 5.74) is 18.9. The average molecular weight is 807 g/mol. The van der Waals surface area contributed by atoms with Crippen molar-refractivity contribution in [1.29, 1.82) is 0 Å². The standard InChI is InChI=1S/C61H46N2/c1-7-20-48(21-8-1)61(49-22-9-2-10-23-49)58-33-19-32-56(46-36-41-55(42-37-46)63(52-28-15-5-16-29-52)53-30-17-6-18-31-53)60(58)57-43-38-47(44-59(57)61)45-34-39-54(40-35-45)62(50-24-11-3-12-25-50)51-26-13-4-14-27-51/h1,3-9,11-44H,2,10H2. The average Bonchev–Trinajstić information content (AvgIpc) is 3.67. The van der Waals surface area contributed by atoms with Gasteiger partial charge in [0.15, 0.2) is 0 Å². The van der Waals surface area contributed by atoms with Crippen molar-refractivity contribution in [3.05, 3.63) is 277 Å². The molecule has 2 nitrogen and oxygen atoms in total. The van der Waals surface area contributed by atoms with Crippen LogP contribution < -0.4 is 9.80 Å². The zero-order valence-electron chi connectivity index (χ0n) is 35.1. The molecule has 0 radical (unpaired) electrons. The van der Waals surface area contributed by atoms with Crippen molar-refractivity contribution in [1.82, 2.24) is 0 Å². The maximum absolute atomic E-state index is 2.48. The van der Waals surface area contributed by atoms with E-state index in [1.807, 2.05) is 0 Å². The zero-order chi connectivity index (χ0) is 42.0. The zero-order valence-corrected chi connectivity index (χ0v) is 35.1. The second-order valence-electron chi connectivity index (χ2n) is 16.4. The number of hydrogen-bond donors (Lipinski definition) is 0. The lowest BCUT2D eigenvalue weighted by molar-refractivity contribution is 0.752. The quantitative estimate of drug-likeness (QED) is 0.136. The number of rotatable bonds is 10. The molecular formula is C61H46N2. The van der Waals surface area contributed by atoms with Gasteiger partial charge in [0.25, 0.3) is 0 Å². The molecule has 2 aliphatic rings. The van der Waals surface area contributed by atoms with E-state index in [2.05, 4.69) is 265 Å². The normalized spacial score (nSPS) is 15.0. The van der Waals surface area contributed by atoms with Gasteiger partial charge in [-0.25, -0.2) is 0 Å². The van der Waals surface area contributed by atoms with E-state index in [4.69, 9.17) is 0 Å². The number of hydrogen-bond acceptors (Lipinski definition) is 2. The molecule has 0 N–H and O–H groups in total. The molecular weight excluding hydrogens is 761 g/mol. The lowest BCUT2D eigenvalue weighted by atomic mass is 9.66. The van der Waals surface area contributed by atoms with Crippen molar-refractivity contribution in [2.24, 2.45) is 0 Å². The van der Waals surface area contributed by atoms with Gasteiger partial charge in [0, 0.05) is 34.1 Å². The summed E-state index contributed by atoms with van der Waals surface area (Å²) in [6.07, 6.45) is 9.31. The molecule has 11 rings (SSSR count). The predicted octanol–water partition coefficient (Wildman–Crippen LogP) is 16.6. The molecule has 0 saturated carbocycles. The Hall–Kier alpha value is -7.94. The summed E-state index contributed by atoms with van der Waals surface area (Å²) < 4.78 is 0. The van der Waals surface area contributed by atoms with Crippen LogP contribution in [0.15, 0.2) is 260 Å². The molecule has 9 aromatic rings. The van der Waals surface area contributed by atoms with E-state index in [0.717, 1.165) is 47.0 Å².